The summed E-state index contributed by atoms with van der Waals surface area (Å²) >= 11 is 0. The Morgan fingerprint density at radius 1 is 0.922 bits per heavy atom. The molecule has 0 amide bonds. The largest absolute Gasteiger partial charge is 0.473 e. The number of fused-ring (bicyclic) bond motifs is 1. The SMILES string of the molecule is C.CC.CCC(=O)c1cccc(-c2nc(-c3ccc(N(C)CCC(C)C)c(N4COc5ccccc5C4)c3)no2)c1.CS(=O)(=O)c1ccccc1. The van der Waals surface area contributed by atoms with Gasteiger partial charge in [0.15, 0.2) is 22.4 Å². The molecule has 9 nitrogen and oxygen atoms in total. The van der Waals surface area contributed by atoms with E-state index in [2.05, 4.69) is 59.0 Å². The molecule has 10 heteroatoms. The second-order valence-electron chi connectivity index (χ2n) is 12.3. The van der Waals surface area contributed by atoms with E-state index in [1.807, 2.05) is 69.3 Å². The second-order valence-corrected chi connectivity index (χ2v) is 14.3. The summed E-state index contributed by atoms with van der Waals surface area (Å²) in [4.78, 5) is 21.8. The molecule has 0 radical (unpaired) electrons. The maximum Gasteiger partial charge on any atom is 0.258 e. The fraction of sp³-hybridized carbons (Fsp3) is 0.341. The molecular formula is C41H52N4O5S. The van der Waals surface area contributed by atoms with Gasteiger partial charge in [0, 0.05) is 55.1 Å². The number of Topliss-reactive ketones (excluding diaryl/α,β-unsaturated/α-hetero) is 1. The monoisotopic (exact) mass is 712 g/mol. The topological polar surface area (TPSA) is 106 Å². The highest BCUT2D eigenvalue weighted by Crippen LogP contribution is 2.37. The van der Waals surface area contributed by atoms with Crippen molar-refractivity contribution >= 4 is 27.0 Å². The van der Waals surface area contributed by atoms with Gasteiger partial charge in [0.2, 0.25) is 5.82 Å². The van der Waals surface area contributed by atoms with Crippen molar-refractivity contribution in [3.63, 3.8) is 0 Å². The van der Waals surface area contributed by atoms with Crippen LogP contribution in [-0.4, -0.2) is 50.9 Å². The van der Waals surface area contributed by atoms with E-state index in [1.165, 1.54) is 6.26 Å². The Kier molecular flexibility index (Phi) is 15.0. The molecule has 0 atom stereocenters. The Hall–Kier alpha value is -4.96. The van der Waals surface area contributed by atoms with Crippen LogP contribution in [-0.2, 0) is 16.4 Å². The lowest BCUT2D eigenvalue weighted by molar-refractivity contribution is 0.0988. The molecule has 51 heavy (non-hydrogen) atoms. The molecule has 0 unspecified atom stereocenters. The summed E-state index contributed by atoms with van der Waals surface area (Å²) in [5.41, 5.74) is 5.58. The van der Waals surface area contributed by atoms with Gasteiger partial charge >= 0.3 is 0 Å². The second kappa shape index (κ2) is 18.9. The van der Waals surface area contributed by atoms with Crippen LogP contribution in [0.25, 0.3) is 22.8 Å². The number of hydrogen-bond acceptors (Lipinski definition) is 9. The third-order valence-corrected chi connectivity index (χ3v) is 9.22. The third-order valence-electron chi connectivity index (χ3n) is 8.09. The number of carbonyl (C=O) groups is 1. The van der Waals surface area contributed by atoms with E-state index < -0.39 is 9.84 Å². The summed E-state index contributed by atoms with van der Waals surface area (Å²) in [5, 5.41) is 4.28. The highest BCUT2D eigenvalue weighted by molar-refractivity contribution is 7.90. The number of sulfone groups is 1. The predicted molar refractivity (Wildman–Crippen MR) is 208 cm³/mol. The van der Waals surface area contributed by atoms with Crippen LogP contribution in [0.4, 0.5) is 11.4 Å². The van der Waals surface area contributed by atoms with Crippen molar-refractivity contribution in [1.82, 2.24) is 10.1 Å². The minimum absolute atomic E-state index is 0. The minimum Gasteiger partial charge on any atom is -0.473 e. The number of hydrogen-bond donors (Lipinski definition) is 0. The minimum atomic E-state index is -3.00. The van der Waals surface area contributed by atoms with Crippen LogP contribution in [0.5, 0.6) is 5.75 Å². The standard InChI is InChI=1S/C31H34N4O3.C7H8O2S.C2H6.CH4/c1-5-28(36)22-10-8-11-24(17-22)31-32-30(33-38-31)23-13-14-26(34(4)16-15-21(2)3)27(18-23)35-19-25-9-6-7-12-29(25)37-20-35;1-10(8,9)7-5-3-2-4-6-7;1-2;/h6-14,17-18,21H,5,15-16,19-20H2,1-4H3;2-6H,1H3;1-2H3;1H4. The van der Waals surface area contributed by atoms with Crippen LogP contribution in [0.15, 0.2) is 106 Å². The number of rotatable bonds is 10. The van der Waals surface area contributed by atoms with Gasteiger partial charge in [-0.2, -0.15) is 4.98 Å². The van der Waals surface area contributed by atoms with E-state index in [0.717, 1.165) is 53.3 Å². The molecule has 0 aliphatic carbocycles. The van der Waals surface area contributed by atoms with Crippen molar-refractivity contribution in [2.75, 3.05) is 36.4 Å². The molecule has 5 aromatic rings. The highest BCUT2D eigenvalue weighted by atomic mass is 32.2. The van der Waals surface area contributed by atoms with E-state index in [4.69, 9.17) is 9.26 Å². The summed E-state index contributed by atoms with van der Waals surface area (Å²) < 4.78 is 33.4. The van der Waals surface area contributed by atoms with E-state index in [0.29, 0.717) is 41.2 Å². The van der Waals surface area contributed by atoms with Crippen molar-refractivity contribution in [2.24, 2.45) is 5.92 Å². The average molecular weight is 713 g/mol. The maximum atomic E-state index is 12.2. The van der Waals surface area contributed by atoms with Crippen molar-refractivity contribution in [3.05, 3.63) is 108 Å². The molecule has 4 aromatic carbocycles. The Morgan fingerprint density at radius 3 is 2.29 bits per heavy atom. The molecule has 0 N–H and O–H groups in total. The zero-order valence-corrected chi connectivity index (χ0v) is 30.9. The van der Waals surface area contributed by atoms with Gasteiger partial charge in [0.25, 0.3) is 5.89 Å². The van der Waals surface area contributed by atoms with Crippen molar-refractivity contribution in [3.8, 4) is 28.6 Å². The summed E-state index contributed by atoms with van der Waals surface area (Å²) in [7, 11) is -0.867. The van der Waals surface area contributed by atoms with Crippen LogP contribution < -0.4 is 14.5 Å². The van der Waals surface area contributed by atoms with Crippen molar-refractivity contribution in [2.45, 2.75) is 66.3 Å². The first kappa shape index (κ1) is 40.5. The number of carbonyl (C=O) groups excluding carboxylic acids is 1. The molecule has 0 spiro atoms. The number of aromatic nitrogens is 2. The third kappa shape index (κ3) is 10.8. The molecule has 0 fully saturated rings. The van der Waals surface area contributed by atoms with Gasteiger partial charge in [-0.05, 0) is 60.9 Å². The number of benzene rings is 4. The van der Waals surface area contributed by atoms with E-state index in [-0.39, 0.29) is 13.2 Å². The lowest BCUT2D eigenvalue weighted by Crippen LogP contribution is -2.33. The molecule has 0 saturated carbocycles. The van der Waals surface area contributed by atoms with Gasteiger partial charge in [-0.15, -0.1) is 0 Å². The van der Waals surface area contributed by atoms with Crippen LogP contribution in [0.2, 0.25) is 0 Å². The molecule has 1 aliphatic heterocycles. The van der Waals surface area contributed by atoms with Gasteiger partial charge in [-0.25, -0.2) is 8.42 Å². The quantitative estimate of drug-likeness (QED) is 0.131. The summed E-state index contributed by atoms with van der Waals surface area (Å²) in [6, 6.07) is 30.1. The maximum absolute atomic E-state index is 12.2. The normalized spacial score (nSPS) is 11.9. The van der Waals surface area contributed by atoms with Gasteiger partial charge < -0.3 is 19.1 Å². The molecule has 0 saturated heterocycles. The number of para-hydroxylation sites is 1. The number of nitrogens with zero attached hydrogens (tertiary/aromatic N) is 4. The average Bonchev–Trinajstić information content (AvgIpc) is 3.65. The summed E-state index contributed by atoms with van der Waals surface area (Å²) in [6.07, 6.45) is 2.75. The zero-order valence-electron chi connectivity index (χ0n) is 30.1. The summed E-state index contributed by atoms with van der Waals surface area (Å²) in [5.74, 6) is 2.53. The molecule has 1 aliphatic rings. The van der Waals surface area contributed by atoms with E-state index in [1.54, 1.807) is 30.3 Å². The molecule has 0 bridgehead atoms. The number of anilines is 2. The zero-order chi connectivity index (χ0) is 36.3. The lowest BCUT2D eigenvalue weighted by Gasteiger charge is -2.34. The first-order valence-electron chi connectivity index (χ1n) is 17.1. The Morgan fingerprint density at radius 2 is 1.63 bits per heavy atom. The number of ether oxygens (including phenoxy) is 1. The van der Waals surface area contributed by atoms with Gasteiger partial charge in [0.05, 0.1) is 16.3 Å². The predicted octanol–water partition coefficient (Wildman–Crippen LogP) is 9.59. The van der Waals surface area contributed by atoms with Gasteiger partial charge in [-0.3, -0.25) is 4.79 Å². The van der Waals surface area contributed by atoms with E-state index >= 15 is 0 Å². The Bertz CT molecular complexity index is 1960. The fourth-order valence-electron chi connectivity index (χ4n) is 5.30. The molecule has 272 valence electrons. The van der Waals surface area contributed by atoms with Crippen LogP contribution >= 0.6 is 0 Å². The van der Waals surface area contributed by atoms with Gasteiger partial charge in [-0.1, -0.05) is 95.7 Å². The smallest absolute Gasteiger partial charge is 0.258 e. The first-order chi connectivity index (χ1) is 24.0. The first-order valence-corrected chi connectivity index (χ1v) is 19.0. The van der Waals surface area contributed by atoms with Crippen LogP contribution in [0.3, 0.4) is 0 Å². The molecule has 2 heterocycles. The summed E-state index contributed by atoms with van der Waals surface area (Å²) in [6.45, 7) is 12.5. The number of ketones is 1. The lowest BCUT2D eigenvalue weighted by atomic mass is 10.1. The van der Waals surface area contributed by atoms with Crippen LogP contribution in [0, 0.1) is 5.92 Å². The van der Waals surface area contributed by atoms with E-state index in [9.17, 15) is 13.2 Å². The Labute approximate surface area is 304 Å². The molecular weight excluding hydrogens is 661 g/mol. The Balaban J connectivity index is 0.000000463. The van der Waals surface area contributed by atoms with Gasteiger partial charge in [0.1, 0.15) is 5.75 Å². The van der Waals surface area contributed by atoms with Crippen LogP contribution in [0.1, 0.15) is 70.8 Å². The fourth-order valence-corrected chi connectivity index (χ4v) is 5.95. The highest BCUT2D eigenvalue weighted by Gasteiger charge is 2.23. The van der Waals surface area contributed by atoms with Crippen molar-refractivity contribution < 1.29 is 22.5 Å². The molecule has 1 aromatic heterocycles. The van der Waals surface area contributed by atoms with Crippen molar-refractivity contribution in [1.29, 1.82) is 0 Å². The molecule has 6 rings (SSSR count).